The number of ether oxygens (including phenoxy) is 2. The molecule has 3 atom stereocenters. The van der Waals surface area contributed by atoms with Crippen LogP contribution in [0.4, 0.5) is 0 Å². The molecule has 3 rings (SSSR count). The molecular weight excluding hydrogens is 200 g/mol. The molecule has 2 saturated heterocycles. The van der Waals surface area contributed by atoms with Gasteiger partial charge in [0, 0.05) is 6.42 Å². The summed E-state index contributed by atoms with van der Waals surface area (Å²) >= 11 is 0. The quantitative estimate of drug-likeness (QED) is 0.606. The van der Waals surface area contributed by atoms with Gasteiger partial charge in [0.2, 0.25) is 6.29 Å². The molecule has 2 bridgehead atoms. The highest BCUT2D eigenvalue weighted by Crippen LogP contribution is 2.32. The van der Waals surface area contributed by atoms with Crippen LogP contribution in [0.5, 0.6) is 0 Å². The average molecular weight is 210 g/mol. The first-order valence-electron chi connectivity index (χ1n) is 4.80. The van der Waals surface area contributed by atoms with Gasteiger partial charge in [0.15, 0.2) is 5.78 Å². The van der Waals surface area contributed by atoms with Crippen LogP contribution in [0.2, 0.25) is 0 Å². The van der Waals surface area contributed by atoms with Gasteiger partial charge in [0.25, 0.3) is 0 Å². The molecule has 7 heteroatoms. The molecular formula is C8H10N4O3. The summed E-state index contributed by atoms with van der Waals surface area (Å²) in [7, 11) is 0. The summed E-state index contributed by atoms with van der Waals surface area (Å²) in [5, 5.41) is 11.2. The van der Waals surface area contributed by atoms with Gasteiger partial charge < -0.3 is 9.47 Å². The maximum atomic E-state index is 11.5. The fourth-order valence-corrected chi connectivity index (χ4v) is 2.01. The number of hydrogen-bond acceptors (Lipinski definition) is 6. The minimum absolute atomic E-state index is 0.0383. The molecule has 1 aromatic rings. The van der Waals surface area contributed by atoms with E-state index in [9.17, 15) is 4.79 Å². The van der Waals surface area contributed by atoms with Crippen LogP contribution in [0.25, 0.3) is 0 Å². The summed E-state index contributed by atoms with van der Waals surface area (Å²) in [5.41, 5.74) is 0. The predicted octanol–water partition coefficient (Wildman–Crippen LogP) is -0.763. The Morgan fingerprint density at radius 2 is 2.40 bits per heavy atom. The number of rotatable bonds is 1. The molecule has 2 fully saturated rings. The lowest BCUT2D eigenvalue weighted by molar-refractivity contribution is -0.156. The third-order valence-electron chi connectivity index (χ3n) is 2.78. The lowest BCUT2D eigenvalue weighted by Gasteiger charge is -2.26. The van der Waals surface area contributed by atoms with E-state index in [1.807, 2.05) is 0 Å². The van der Waals surface area contributed by atoms with E-state index >= 15 is 0 Å². The van der Waals surface area contributed by atoms with Gasteiger partial charge in [-0.05, 0) is 17.4 Å². The first-order chi connectivity index (χ1) is 7.25. The number of fused-ring (bicyclic) bond motifs is 2. The van der Waals surface area contributed by atoms with Gasteiger partial charge in [-0.3, -0.25) is 4.79 Å². The van der Waals surface area contributed by atoms with Gasteiger partial charge in [0.1, 0.15) is 11.9 Å². The van der Waals surface area contributed by atoms with Crippen LogP contribution < -0.4 is 0 Å². The molecule has 80 valence electrons. The lowest BCUT2D eigenvalue weighted by Crippen LogP contribution is -2.37. The number of tetrazole rings is 1. The fourth-order valence-electron chi connectivity index (χ4n) is 2.01. The molecule has 0 spiro atoms. The molecule has 0 saturated carbocycles. The Morgan fingerprint density at radius 1 is 1.53 bits per heavy atom. The van der Waals surface area contributed by atoms with Gasteiger partial charge in [-0.1, -0.05) is 0 Å². The number of aryl methyl sites for hydroxylation is 1. The van der Waals surface area contributed by atoms with Crippen molar-refractivity contribution in [1.29, 1.82) is 0 Å². The number of Topliss-reactive ketones (excluding diaryl/α,β-unsaturated/α-hetero) is 1. The van der Waals surface area contributed by atoms with E-state index in [0.717, 1.165) is 0 Å². The van der Waals surface area contributed by atoms with E-state index in [2.05, 4.69) is 15.5 Å². The van der Waals surface area contributed by atoms with Crippen molar-refractivity contribution in [3.8, 4) is 0 Å². The summed E-state index contributed by atoms with van der Waals surface area (Å²) < 4.78 is 12.2. The van der Waals surface area contributed by atoms with E-state index in [0.29, 0.717) is 18.9 Å². The highest BCUT2D eigenvalue weighted by Gasteiger charge is 2.44. The van der Waals surface area contributed by atoms with E-state index in [1.54, 1.807) is 11.6 Å². The Morgan fingerprint density at radius 3 is 3.13 bits per heavy atom. The third-order valence-corrected chi connectivity index (χ3v) is 2.78. The van der Waals surface area contributed by atoms with Crippen LogP contribution in [-0.2, 0) is 14.3 Å². The number of hydrogen-bond donors (Lipinski definition) is 0. The molecule has 2 aliphatic heterocycles. The topological polar surface area (TPSA) is 79.1 Å². The molecule has 2 aliphatic rings. The van der Waals surface area contributed by atoms with Crippen molar-refractivity contribution in [2.24, 2.45) is 0 Å². The van der Waals surface area contributed by atoms with E-state index in [4.69, 9.17) is 9.47 Å². The number of carbonyl (C=O) groups excluding carboxylic acids is 1. The van der Waals surface area contributed by atoms with E-state index < -0.39 is 6.29 Å². The molecule has 15 heavy (non-hydrogen) atoms. The van der Waals surface area contributed by atoms with Crippen molar-refractivity contribution < 1.29 is 14.3 Å². The highest BCUT2D eigenvalue weighted by atomic mass is 16.7. The number of aromatic nitrogens is 4. The minimum atomic E-state index is -0.664. The van der Waals surface area contributed by atoms with Crippen molar-refractivity contribution in [2.45, 2.75) is 31.8 Å². The lowest BCUT2D eigenvalue weighted by atomic mass is 10.0. The molecule has 0 radical (unpaired) electrons. The summed E-state index contributed by atoms with van der Waals surface area (Å²) in [4.78, 5) is 11.5. The largest absolute Gasteiger partial charge is 0.343 e. The van der Waals surface area contributed by atoms with Crippen molar-refractivity contribution in [1.82, 2.24) is 20.2 Å². The Kier molecular flexibility index (Phi) is 1.83. The van der Waals surface area contributed by atoms with Crippen molar-refractivity contribution in [2.75, 3.05) is 6.61 Å². The molecule has 3 heterocycles. The van der Waals surface area contributed by atoms with E-state index in [1.165, 1.54) is 0 Å². The minimum Gasteiger partial charge on any atom is -0.343 e. The number of carbonyl (C=O) groups is 1. The third kappa shape index (κ3) is 1.27. The standard InChI is InChI=1S/C8H10N4O3/c1-4-9-10-11-12(4)5-2-6(13)8-14-3-7(5)15-8/h5,7-8H,2-3H2,1H3/t5-,7+,8-/m0/s1. The summed E-state index contributed by atoms with van der Waals surface area (Å²) in [5.74, 6) is 0.644. The zero-order chi connectivity index (χ0) is 10.4. The molecule has 0 amide bonds. The first kappa shape index (κ1) is 8.93. The molecule has 0 N–H and O–H groups in total. The van der Waals surface area contributed by atoms with Crippen molar-refractivity contribution >= 4 is 5.78 Å². The zero-order valence-electron chi connectivity index (χ0n) is 8.16. The van der Waals surface area contributed by atoms with Gasteiger partial charge in [-0.15, -0.1) is 5.10 Å². The summed E-state index contributed by atoms with van der Waals surface area (Å²) in [6.45, 7) is 2.23. The Balaban J connectivity index is 1.93. The van der Waals surface area contributed by atoms with Crippen LogP contribution in [0.1, 0.15) is 18.3 Å². The van der Waals surface area contributed by atoms with Crippen LogP contribution >= 0.6 is 0 Å². The van der Waals surface area contributed by atoms with Crippen LogP contribution in [0.3, 0.4) is 0 Å². The van der Waals surface area contributed by atoms with E-state index in [-0.39, 0.29) is 17.9 Å². The predicted molar refractivity (Wildman–Crippen MR) is 45.8 cm³/mol. The normalized spacial score (nSPS) is 34.7. The van der Waals surface area contributed by atoms with Gasteiger partial charge in [-0.25, -0.2) is 4.68 Å². The maximum absolute atomic E-state index is 11.5. The second kappa shape index (κ2) is 3.07. The zero-order valence-corrected chi connectivity index (χ0v) is 8.16. The second-order valence-electron chi connectivity index (χ2n) is 3.75. The smallest absolute Gasteiger partial charge is 0.218 e. The number of nitrogens with zero attached hydrogens (tertiary/aromatic N) is 4. The Labute approximate surface area is 85.3 Å². The van der Waals surface area contributed by atoms with Crippen molar-refractivity contribution in [3.63, 3.8) is 0 Å². The van der Waals surface area contributed by atoms with Gasteiger partial charge in [-0.2, -0.15) is 0 Å². The second-order valence-corrected chi connectivity index (χ2v) is 3.75. The summed E-state index contributed by atoms with van der Waals surface area (Å²) in [6, 6.07) is -0.133. The van der Waals surface area contributed by atoms with Crippen LogP contribution in [-0.4, -0.2) is 45.0 Å². The monoisotopic (exact) mass is 210 g/mol. The number of ketones is 1. The molecule has 0 unspecified atom stereocenters. The fraction of sp³-hybridized carbons (Fsp3) is 0.750. The summed E-state index contributed by atoms with van der Waals surface area (Å²) in [6.07, 6.45) is -0.403. The maximum Gasteiger partial charge on any atom is 0.218 e. The average Bonchev–Trinajstić information content (AvgIpc) is 2.80. The Bertz CT molecular complexity index is 404. The van der Waals surface area contributed by atoms with Gasteiger partial charge in [0.05, 0.1) is 12.6 Å². The van der Waals surface area contributed by atoms with Crippen LogP contribution in [0.15, 0.2) is 0 Å². The highest BCUT2D eigenvalue weighted by molar-refractivity contribution is 5.83. The van der Waals surface area contributed by atoms with Crippen molar-refractivity contribution in [3.05, 3.63) is 5.82 Å². The molecule has 1 aromatic heterocycles. The molecule has 0 aliphatic carbocycles. The molecule has 0 aromatic carbocycles. The van der Waals surface area contributed by atoms with Crippen LogP contribution in [0, 0.1) is 6.92 Å². The first-order valence-corrected chi connectivity index (χ1v) is 4.80. The van der Waals surface area contributed by atoms with Gasteiger partial charge >= 0.3 is 0 Å². The molecule has 7 nitrogen and oxygen atoms in total. The Hall–Kier alpha value is -1.34. The SMILES string of the molecule is Cc1nnnn1[C@H]1CC(=O)[C@H]2OC[C@H]1O2.